The van der Waals surface area contributed by atoms with Crippen LogP contribution in [0.1, 0.15) is 5.56 Å². The first-order valence-electron chi connectivity index (χ1n) is 7.66. The van der Waals surface area contributed by atoms with Gasteiger partial charge in [0.1, 0.15) is 6.33 Å². The van der Waals surface area contributed by atoms with Crippen LogP contribution in [-0.2, 0) is 0 Å². The molecular formula is C15H19N7O. The Labute approximate surface area is 133 Å². The number of likely N-dealkylation sites (N-methyl/N-ethyl adjacent to an activating group) is 1. The van der Waals surface area contributed by atoms with Crippen LogP contribution in [0.5, 0.6) is 5.88 Å². The van der Waals surface area contributed by atoms with Gasteiger partial charge < -0.3 is 14.5 Å². The summed E-state index contributed by atoms with van der Waals surface area (Å²) in [6.07, 6.45) is 1.71. The third kappa shape index (κ3) is 2.26. The fourth-order valence-electron chi connectivity index (χ4n) is 2.98. The summed E-state index contributed by atoms with van der Waals surface area (Å²) in [7, 11) is 3.76. The van der Waals surface area contributed by atoms with Crippen LogP contribution in [0.15, 0.2) is 12.4 Å². The van der Waals surface area contributed by atoms with E-state index in [4.69, 9.17) is 9.72 Å². The zero-order valence-electron chi connectivity index (χ0n) is 13.5. The highest BCUT2D eigenvalue weighted by molar-refractivity contribution is 5.81. The van der Waals surface area contributed by atoms with Gasteiger partial charge in [0.25, 0.3) is 0 Å². The Morgan fingerprint density at radius 3 is 2.65 bits per heavy atom. The Morgan fingerprint density at radius 2 is 1.91 bits per heavy atom. The Balaban J connectivity index is 1.92. The van der Waals surface area contributed by atoms with E-state index >= 15 is 0 Å². The van der Waals surface area contributed by atoms with E-state index in [0.29, 0.717) is 11.5 Å². The van der Waals surface area contributed by atoms with E-state index < -0.39 is 0 Å². The maximum atomic E-state index is 5.33. The van der Waals surface area contributed by atoms with Gasteiger partial charge in [0.05, 0.1) is 12.6 Å². The summed E-state index contributed by atoms with van der Waals surface area (Å²) < 4.78 is 7.29. The van der Waals surface area contributed by atoms with Crippen LogP contribution in [0.2, 0.25) is 0 Å². The average molecular weight is 313 g/mol. The first-order valence-corrected chi connectivity index (χ1v) is 7.66. The van der Waals surface area contributed by atoms with E-state index in [0.717, 1.165) is 48.7 Å². The van der Waals surface area contributed by atoms with E-state index in [1.54, 1.807) is 13.4 Å². The molecule has 4 heterocycles. The molecule has 0 atom stereocenters. The number of hydrogen-bond donors (Lipinski definition) is 0. The van der Waals surface area contributed by atoms with E-state index in [2.05, 4.69) is 32.0 Å². The molecular weight excluding hydrogens is 294 g/mol. The lowest BCUT2D eigenvalue weighted by molar-refractivity contribution is 0.312. The highest BCUT2D eigenvalue weighted by Gasteiger charge is 2.21. The second kappa shape index (κ2) is 5.31. The van der Waals surface area contributed by atoms with E-state index in [1.165, 1.54) is 0 Å². The molecule has 120 valence electrons. The predicted molar refractivity (Wildman–Crippen MR) is 87.1 cm³/mol. The number of rotatable bonds is 2. The zero-order chi connectivity index (χ0) is 16.0. The second-order valence-electron chi connectivity index (χ2n) is 5.91. The summed E-state index contributed by atoms with van der Waals surface area (Å²) in [6.45, 7) is 5.81. The summed E-state index contributed by atoms with van der Waals surface area (Å²) in [5.74, 6) is 1.43. The van der Waals surface area contributed by atoms with Crippen LogP contribution in [0.3, 0.4) is 0 Å². The average Bonchev–Trinajstić information content (AvgIpc) is 3.04. The molecule has 1 aliphatic heterocycles. The summed E-state index contributed by atoms with van der Waals surface area (Å²) in [5, 5.41) is 8.34. The molecule has 23 heavy (non-hydrogen) atoms. The van der Waals surface area contributed by atoms with Gasteiger partial charge in [0.15, 0.2) is 11.5 Å². The van der Waals surface area contributed by atoms with Crippen molar-refractivity contribution in [1.82, 2.24) is 29.5 Å². The van der Waals surface area contributed by atoms with E-state index in [1.807, 2.05) is 17.4 Å². The topological polar surface area (TPSA) is 71.7 Å². The fraction of sp³-hybridized carbons (Fsp3) is 0.467. The lowest BCUT2D eigenvalue weighted by Gasteiger charge is -2.33. The van der Waals surface area contributed by atoms with Crippen LogP contribution in [0.25, 0.3) is 16.8 Å². The number of methoxy groups -OCH3 is 1. The maximum Gasteiger partial charge on any atom is 0.218 e. The monoisotopic (exact) mass is 313 g/mol. The number of pyridine rings is 1. The minimum Gasteiger partial charge on any atom is -0.481 e. The molecule has 3 aromatic heterocycles. The molecule has 0 aromatic carbocycles. The molecule has 4 rings (SSSR count). The van der Waals surface area contributed by atoms with Gasteiger partial charge >= 0.3 is 0 Å². The first-order chi connectivity index (χ1) is 11.2. The third-order valence-corrected chi connectivity index (χ3v) is 4.34. The van der Waals surface area contributed by atoms with Crippen molar-refractivity contribution in [3.8, 4) is 5.88 Å². The summed E-state index contributed by atoms with van der Waals surface area (Å²) in [6, 6.07) is 2.01. The van der Waals surface area contributed by atoms with Crippen molar-refractivity contribution in [3.05, 3.63) is 18.0 Å². The van der Waals surface area contributed by atoms with Crippen molar-refractivity contribution in [2.75, 3.05) is 45.2 Å². The fourth-order valence-corrected chi connectivity index (χ4v) is 2.98. The zero-order valence-corrected chi connectivity index (χ0v) is 13.5. The molecule has 0 spiro atoms. The largest absolute Gasteiger partial charge is 0.481 e. The highest BCUT2D eigenvalue weighted by atomic mass is 16.5. The number of nitrogens with zero attached hydrogens (tertiary/aromatic N) is 7. The summed E-state index contributed by atoms with van der Waals surface area (Å²) >= 11 is 0. The Kier molecular flexibility index (Phi) is 3.26. The number of hydrogen-bond acceptors (Lipinski definition) is 7. The van der Waals surface area contributed by atoms with E-state index in [9.17, 15) is 0 Å². The number of anilines is 1. The normalized spacial score (nSPS) is 16.4. The highest BCUT2D eigenvalue weighted by Crippen LogP contribution is 2.26. The van der Waals surface area contributed by atoms with Crippen LogP contribution < -0.4 is 9.64 Å². The van der Waals surface area contributed by atoms with Crippen molar-refractivity contribution < 1.29 is 4.74 Å². The summed E-state index contributed by atoms with van der Waals surface area (Å²) in [5.41, 5.74) is 3.27. The van der Waals surface area contributed by atoms with Gasteiger partial charge in [-0.2, -0.15) is 4.98 Å². The molecule has 0 aliphatic carbocycles. The molecule has 1 aliphatic rings. The molecule has 8 nitrogen and oxygen atoms in total. The Bertz CT molecular complexity index is 867. The molecule has 8 heteroatoms. The number of ether oxygens (including phenoxy) is 1. The minimum absolute atomic E-state index is 0.599. The number of aryl methyl sites for hydroxylation is 1. The molecule has 0 amide bonds. The van der Waals surface area contributed by atoms with Crippen LogP contribution in [0.4, 0.5) is 5.82 Å². The van der Waals surface area contributed by atoms with Crippen LogP contribution in [-0.4, -0.2) is 69.8 Å². The molecule has 0 N–H and O–H groups in total. The molecule has 0 unspecified atom stereocenters. The molecule has 0 bridgehead atoms. The smallest absolute Gasteiger partial charge is 0.218 e. The SMILES string of the molecule is COc1nc2nc(N3CCN(C)CC3)c3nncn3c2cc1C. The van der Waals surface area contributed by atoms with Crippen molar-refractivity contribution in [2.45, 2.75) is 6.92 Å². The molecule has 0 radical (unpaired) electrons. The van der Waals surface area contributed by atoms with Gasteiger partial charge in [-0.3, -0.25) is 4.40 Å². The first kappa shape index (κ1) is 14.1. The summed E-state index contributed by atoms with van der Waals surface area (Å²) in [4.78, 5) is 13.9. The van der Waals surface area contributed by atoms with E-state index in [-0.39, 0.29) is 0 Å². The van der Waals surface area contributed by atoms with Crippen LogP contribution in [0, 0.1) is 6.92 Å². The van der Waals surface area contributed by atoms with Gasteiger partial charge in [0.2, 0.25) is 11.5 Å². The number of piperazine rings is 1. The van der Waals surface area contributed by atoms with Gasteiger partial charge in [-0.05, 0) is 20.0 Å². The van der Waals surface area contributed by atoms with Crippen molar-refractivity contribution in [3.63, 3.8) is 0 Å². The third-order valence-electron chi connectivity index (χ3n) is 4.34. The van der Waals surface area contributed by atoms with Gasteiger partial charge in [0, 0.05) is 31.7 Å². The standard InChI is InChI=1S/C15H19N7O/c1-10-8-11-12(18-15(10)23-3)17-13(14-19-16-9-22(11)14)21-6-4-20(2)5-7-21/h8-9H,4-7H2,1-3H3. The van der Waals surface area contributed by atoms with Crippen molar-refractivity contribution in [2.24, 2.45) is 0 Å². The number of fused-ring (bicyclic) bond motifs is 3. The molecule has 0 saturated carbocycles. The molecule has 1 saturated heterocycles. The lowest BCUT2D eigenvalue weighted by atomic mass is 10.2. The lowest BCUT2D eigenvalue weighted by Crippen LogP contribution is -2.45. The predicted octanol–water partition coefficient (Wildman–Crippen LogP) is 0.741. The molecule has 3 aromatic rings. The van der Waals surface area contributed by atoms with Crippen molar-refractivity contribution in [1.29, 1.82) is 0 Å². The quantitative estimate of drug-likeness (QED) is 0.691. The van der Waals surface area contributed by atoms with Gasteiger partial charge in [-0.15, -0.1) is 10.2 Å². The molecule has 1 fully saturated rings. The minimum atomic E-state index is 0.599. The van der Waals surface area contributed by atoms with Gasteiger partial charge in [-0.25, -0.2) is 4.98 Å². The Morgan fingerprint density at radius 1 is 1.13 bits per heavy atom. The van der Waals surface area contributed by atoms with Crippen LogP contribution >= 0.6 is 0 Å². The second-order valence-corrected chi connectivity index (χ2v) is 5.91. The van der Waals surface area contributed by atoms with Crippen molar-refractivity contribution >= 4 is 22.6 Å². The van der Waals surface area contributed by atoms with Gasteiger partial charge in [-0.1, -0.05) is 0 Å². The number of aromatic nitrogens is 5. The maximum absolute atomic E-state index is 5.33. The Hall–Kier alpha value is -2.48.